The Bertz CT molecular complexity index is 63.5. The first-order valence-electron chi connectivity index (χ1n) is 4.57. The molecule has 0 radical (unpaired) electrons. The molecule has 0 spiro atoms. The highest BCUT2D eigenvalue weighted by molar-refractivity contribution is 6.48. The molecule has 0 aromatic heterocycles. The van der Waals surface area contributed by atoms with Crippen molar-refractivity contribution in [3.05, 3.63) is 0 Å². The fraction of sp³-hybridized carbons (Fsp3) is 1.00. The van der Waals surface area contributed by atoms with Crippen LogP contribution in [0.1, 0.15) is 26.7 Å². The molecule has 0 saturated carbocycles. The van der Waals surface area contributed by atoms with Gasteiger partial charge in [-0.05, 0) is 18.5 Å². The summed E-state index contributed by atoms with van der Waals surface area (Å²) >= 11 is 0. The van der Waals surface area contributed by atoms with Gasteiger partial charge in [-0.1, -0.05) is 13.8 Å². The standard InChI is InChI=1S/C7H20O2Si2/c1-3-5-8-10-7-11-9-6-4-2/h3-7,10-11H2,1-2H3. The van der Waals surface area contributed by atoms with Crippen molar-refractivity contribution < 1.29 is 8.85 Å². The van der Waals surface area contributed by atoms with E-state index in [9.17, 15) is 0 Å². The van der Waals surface area contributed by atoms with E-state index in [4.69, 9.17) is 8.85 Å². The molecule has 0 atom stereocenters. The van der Waals surface area contributed by atoms with Crippen LogP contribution in [-0.4, -0.2) is 32.7 Å². The molecule has 0 unspecified atom stereocenters. The number of rotatable bonds is 8. The van der Waals surface area contributed by atoms with Crippen LogP contribution >= 0.6 is 0 Å². The molecule has 4 heteroatoms. The van der Waals surface area contributed by atoms with E-state index in [-0.39, 0.29) is 19.5 Å². The summed E-state index contributed by atoms with van der Waals surface area (Å²) in [7, 11) is -0.382. The molecule has 0 amide bonds. The Kier molecular flexibility index (Phi) is 10.7. The molecule has 0 aromatic rings. The van der Waals surface area contributed by atoms with Gasteiger partial charge in [0.15, 0.2) is 19.5 Å². The summed E-state index contributed by atoms with van der Waals surface area (Å²) in [5.74, 6) is 0. The maximum absolute atomic E-state index is 5.46. The second-order valence-corrected chi connectivity index (χ2v) is 7.04. The summed E-state index contributed by atoms with van der Waals surface area (Å²) in [6.45, 7) is 6.24. The molecule has 0 aliphatic rings. The minimum absolute atomic E-state index is 0.191. The van der Waals surface area contributed by atoms with Crippen molar-refractivity contribution in [2.75, 3.05) is 13.2 Å². The lowest BCUT2D eigenvalue weighted by Gasteiger charge is -2.01. The van der Waals surface area contributed by atoms with Gasteiger partial charge in [-0.3, -0.25) is 0 Å². The first-order chi connectivity index (χ1) is 5.41. The topological polar surface area (TPSA) is 18.5 Å². The molecular weight excluding hydrogens is 172 g/mol. The van der Waals surface area contributed by atoms with Gasteiger partial charge in [-0.2, -0.15) is 0 Å². The maximum atomic E-state index is 5.46. The van der Waals surface area contributed by atoms with Crippen LogP contribution in [0.4, 0.5) is 0 Å². The third-order valence-corrected chi connectivity index (χ3v) is 4.74. The second-order valence-electron chi connectivity index (χ2n) is 2.58. The van der Waals surface area contributed by atoms with Gasteiger partial charge in [-0.15, -0.1) is 0 Å². The zero-order chi connectivity index (χ0) is 8.36. The highest BCUT2D eigenvalue weighted by Crippen LogP contribution is 1.84. The molecule has 0 heterocycles. The average molecular weight is 192 g/mol. The Hall–Kier alpha value is 0.354. The van der Waals surface area contributed by atoms with Crippen molar-refractivity contribution in [1.82, 2.24) is 0 Å². The Labute approximate surface area is 74.6 Å². The molecule has 0 bridgehead atoms. The smallest absolute Gasteiger partial charge is 0.160 e. The molecule has 0 fully saturated rings. The van der Waals surface area contributed by atoms with Crippen LogP contribution in [0.15, 0.2) is 0 Å². The summed E-state index contributed by atoms with van der Waals surface area (Å²) in [4.78, 5) is 0. The normalized spacial score (nSPS) is 12.5. The zero-order valence-electron chi connectivity index (χ0n) is 7.77. The first kappa shape index (κ1) is 11.4. The molecule has 2 nitrogen and oxygen atoms in total. The molecule has 11 heavy (non-hydrogen) atoms. The summed E-state index contributed by atoms with van der Waals surface area (Å²) < 4.78 is 10.9. The average Bonchev–Trinajstić information content (AvgIpc) is 2.03. The van der Waals surface area contributed by atoms with E-state index < -0.39 is 0 Å². The Morgan fingerprint density at radius 3 is 1.73 bits per heavy atom. The SMILES string of the molecule is CCCO[SiH2]C[SiH2]OCCC. The van der Waals surface area contributed by atoms with E-state index >= 15 is 0 Å². The van der Waals surface area contributed by atoms with Crippen molar-refractivity contribution in [3.8, 4) is 0 Å². The van der Waals surface area contributed by atoms with E-state index in [1.54, 1.807) is 0 Å². The van der Waals surface area contributed by atoms with Gasteiger partial charge in [0.05, 0.1) is 0 Å². The van der Waals surface area contributed by atoms with Gasteiger partial charge in [0.25, 0.3) is 0 Å². The monoisotopic (exact) mass is 192 g/mol. The van der Waals surface area contributed by atoms with Gasteiger partial charge in [-0.25, -0.2) is 0 Å². The summed E-state index contributed by atoms with van der Waals surface area (Å²) in [6.07, 6.45) is 2.31. The summed E-state index contributed by atoms with van der Waals surface area (Å²) in [6, 6.07) is 0. The summed E-state index contributed by atoms with van der Waals surface area (Å²) in [5, 5.41) is 0. The van der Waals surface area contributed by atoms with E-state index in [2.05, 4.69) is 13.8 Å². The van der Waals surface area contributed by atoms with Crippen molar-refractivity contribution in [2.24, 2.45) is 0 Å². The van der Waals surface area contributed by atoms with Gasteiger partial charge in [0, 0.05) is 13.2 Å². The van der Waals surface area contributed by atoms with Crippen molar-refractivity contribution in [2.45, 2.75) is 32.4 Å². The lowest BCUT2D eigenvalue weighted by atomic mass is 10.5. The van der Waals surface area contributed by atoms with E-state index in [1.165, 1.54) is 5.67 Å². The van der Waals surface area contributed by atoms with Crippen molar-refractivity contribution >= 4 is 19.5 Å². The van der Waals surface area contributed by atoms with Crippen LogP contribution in [0.3, 0.4) is 0 Å². The van der Waals surface area contributed by atoms with E-state index in [1.807, 2.05) is 0 Å². The van der Waals surface area contributed by atoms with Crippen LogP contribution in [0.2, 0.25) is 5.67 Å². The molecule has 68 valence electrons. The Balaban J connectivity index is 2.69. The van der Waals surface area contributed by atoms with E-state index in [0.717, 1.165) is 26.1 Å². The molecule has 0 saturated heterocycles. The van der Waals surface area contributed by atoms with E-state index in [0.29, 0.717) is 0 Å². The molecule has 0 aromatic carbocycles. The molecule has 0 N–H and O–H groups in total. The molecule has 0 aliphatic carbocycles. The van der Waals surface area contributed by atoms with Gasteiger partial charge in [0.1, 0.15) is 0 Å². The number of hydrogen-bond acceptors (Lipinski definition) is 2. The molecule has 0 aliphatic heterocycles. The highest BCUT2D eigenvalue weighted by Gasteiger charge is 1.90. The second kappa shape index (κ2) is 10.4. The van der Waals surface area contributed by atoms with Gasteiger partial charge >= 0.3 is 0 Å². The van der Waals surface area contributed by atoms with Gasteiger partial charge in [0.2, 0.25) is 0 Å². The van der Waals surface area contributed by atoms with Crippen molar-refractivity contribution in [3.63, 3.8) is 0 Å². The molecule has 0 rings (SSSR count). The third-order valence-electron chi connectivity index (χ3n) is 1.27. The largest absolute Gasteiger partial charge is 0.424 e. The minimum atomic E-state index is -0.191. The number of hydrogen-bond donors (Lipinski definition) is 0. The molecular formula is C7H20O2Si2. The quantitative estimate of drug-likeness (QED) is 0.409. The zero-order valence-corrected chi connectivity index (χ0v) is 10.6. The predicted octanol–water partition coefficient (Wildman–Crippen LogP) is 0.383. The third kappa shape index (κ3) is 10.4. The van der Waals surface area contributed by atoms with Crippen molar-refractivity contribution in [1.29, 1.82) is 0 Å². The van der Waals surface area contributed by atoms with Crippen LogP contribution in [-0.2, 0) is 8.85 Å². The Morgan fingerprint density at radius 2 is 1.36 bits per heavy atom. The van der Waals surface area contributed by atoms with Crippen LogP contribution in [0, 0.1) is 0 Å². The van der Waals surface area contributed by atoms with Crippen LogP contribution < -0.4 is 0 Å². The Morgan fingerprint density at radius 1 is 0.909 bits per heavy atom. The van der Waals surface area contributed by atoms with Gasteiger partial charge < -0.3 is 8.85 Å². The van der Waals surface area contributed by atoms with Crippen LogP contribution in [0.5, 0.6) is 0 Å². The fourth-order valence-corrected chi connectivity index (χ4v) is 3.85. The first-order valence-corrected chi connectivity index (χ1v) is 7.72. The predicted molar refractivity (Wildman–Crippen MR) is 54.4 cm³/mol. The minimum Gasteiger partial charge on any atom is -0.424 e. The lowest BCUT2D eigenvalue weighted by molar-refractivity contribution is 0.326. The van der Waals surface area contributed by atoms with Crippen LogP contribution in [0.25, 0.3) is 0 Å². The summed E-state index contributed by atoms with van der Waals surface area (Å²) in [5.41, 5.74) is 1.31. The lowest BCUT2D eigenvalue weighted by Crippen LogP contribution is -2.07. The highest BCUT2D eigenvalue weighted by atomic mass is 28.3. The fourth-order valence-electron chi connectivity index (χ4n) is 0.756. The maximum Gasteiger partial charge on any atom is 0.160 e.